The van der Waals surface area contributed by atoms with Crippen LogP contribution in [-0.4, -0.2) is 30.1 Å². The Hall–Kier alpha value is -2.45. The Balaban J connectivity index is 1.61. The van der Waals surface area contributed by atoms with E-state index in [4.69, 9.17) is 4.74 Å². The van der Waals surface area contributed by atoms with Gasteiger partial charge in [0.25, 0.3) is 0 Å². The first-order valence-electron chi connectivity index (χ1n) is 9.34. The number of rotatable bonds is 5. The second-order valence-electron chi connectivity index (χ2n) is 6.98. The fourth-order valence-electron chi connectivity index (χ4n) is 3.38. The summed E-state index contributed by atoms with van der Waals surface area (Å²) in [6, 6.07) is 12.5. The highest BCUT2D eigenvalue weighted by molar-refractivity contribution is 7.22. The minimum atomic E-state index is -4.44. The summed E-state index contributed by atoms with van der Waals surface area (Å²) in [4.78, 5) is 19.2. The van der Waals surface area contributed by atoms with Gasteiger partial charge in [-0.1, -0.05) is 41.7 Å². The van der Waals surface area contributed by atoms with Gasteiger partial charge in [-0.3, -0.25) is 9.69 Å². The van der Waals surface area contributed by atoms with E-state index in [1.54, 1.807) is 4.90 Å². The molecule has 0 radical (unpaired) electrons. The quantitative estimate of drug-likeness (QED) is 0.579. The molecule has 0 saturated carbocycles. The van der Waals surface area contributed by atoms with Crippen LogP contribution in [0.25, 0.3) is 10.2 Å². The average Bonchev–Trinajstić information content (AvgIpc) is 3.34. The summed E-state index contributed by atoms with van der Waals surface area (Å²) in [7, 11) is 0. The number of thiazole rings is 1. The molecule has 1 aliphatic rings. The molecule has 1 unspecified atom stereocenters. The average molecular weight is 420 g/mol. The van der Waals surface area contributed by atoms with Gasteiger partial charge in [0.05, 0.1) is 34.8 Å². The predicted molar refractivity (Wildman–Crippen MR) is 106 cm³/mol. The molecule has 0 aliphatic carbocycles. The van der Waals surface area contributed by atoms with Gasteiger partial charge in [-0.25, -0.2) is 4.98 Å². The van der Waals surface area contributed by atoms with Crippen molar-refractivity contribution in [2.75, 3.05) is 18.1 Å². The minimum Gasteiger partial charge on any atom is -0.376 e. The van der Waals surface area contributed by atoms with Crippen LogP contribution in [0.15, 0.2) is 48.5 Å². The number of benzene rings is 2. The predicted octanol–water partition coefficient (Wildman–Crippen LogP) is 5.07. The number of carbonyl (C=O) groups is 1. The summed E-state index contributed by atoms with van der Waals surface area (Å²) in [5, 5.41) is 0.540. The zero-order valence-electron chi connectivity index (χ0n) is 15.5. The van der Waals surface area contributed by atoms with Gasteiger partial charge in [0.1, 0.15) is 0 Å². The minimum absolute atomic E-state index is 0.0903. The lowest BCUT2D eigenvalue weighted by atomic mass is 10.1. The summed E-state index contributed by atoms with van der Waals surface area (Å²) in [6.45, 7) is 0.998. The van der Waals surface area contributed by atoms with E-state index in [1.165, 1.54) is 23.5 Å². The molecule has 1 saturated heterocycles. The number of hydrogen-bond donors (Lipinski definition) is 0. The van der Waals surface area contributed by atoms with E-state index < -0.39 is 11.7 Å². The topological polar surface area (TPSA) is 42.4 Å². The first-order valence-corrected chi connectivity index (χ1v) is 10.2. The summed E-state index contributed by atoms with van der Waals surface area (Å²) >= 11 is 1.39. The van der Waals surface area contributed by atoms with Gasteiger partial charge in [0.15, 0.2) is 5.13 Å². The molecule has 4 nitrogen and oxygen atoms in total. The van der Waals surface area contributed by atoms with Crippen molar-refractivity contribution < 1.29 is 22.7 Å². The third kappa shape index (κ3) is 4.59. The van der Waals surface area contributed by atoms with Crippen molar-refractivity contribution in [1.29, 1.82) is 0 Å². The molecule has 2 heterocycles. The van der Waals surface area contributed by atoms with Crippen LogP contribution in [0.5, 0.6) is 0 Å². The van der Waals surface area contributed by atoms with Gasteiger partial charge in [-0.15, -0.1) is 0 Å². The number of alkyl halides is 3. The Labute approximate surface area is 169 Å². The SMILES string of the molecule is O=C(Cc1cccc(C(F)(F)F)c1)N(CC1CCCO1)c1nc2ccccc2s1. The molecule has 1 aliphatic heterocycles. The Morgan fingerprint density at radius 3 is 2.76 bits per heavy atom. The van der Waals surface area contributed by atoms with E-state index in [9.17, 15) is 18.0 Å². The van der Waals surface area contributed by atoms with Crippen LogP contribution in [0.3, 0.4) is 0 Å². The van der Waals surface area contributed by atoms with Crippen LogP contribution in [0.4, 0.5) is 18.3 Å². The third-order valence-corrected chi connectivity index (χ3v) is 5.89. The first-order chi connectivity index (χ1) is 13.9. The van der Waals surface area contributed by atoms with E-state index in [1.807, 2.05) is 24.3 Å². The molecule has 4 rings (SSSR count). The van der Waals surface area contributed by atoms with Crippen molar-refractivity contribution in [1.82, 2.24) is 4.98 Å². The number of nitrogens with zero attached hydrogens (tertiary/aromatic N) is 2. The highest BCUT2D eigenvalue weighted by Crippen LogP contribution is 2.32. The number of amides is 1. The Morgan fingerprint density at radius 2 is 2.03 bits per heavy atom. The lowest BCUT2D eigenvalue weighted by Gasteiger charge is -2.23. The number of carbonyl (C=O) groups excluding carboxylic acids is 1. The molecule has 152 valence electrons. The normalized spacial score (nSPS) is 17.0. The molecule has 1 atom stereocenters. The van der Waals surface area contributed by atoms with Crippen LogP contribution in [0.2, 0.25) is 0 Å². The molecule has 1 amide bonds. The van der Waals surface area contributed by atoms with Crippen LogP contribution < -0.4 is 4.90 Å². The lowest BCUT2D eigenvalue weighted by molar-refractivity contribution is -0.137. The number of hydrogen-bond acceptors (Lipinski definition) is 4. The van der Waals surface area contributed by atoms with Crippen LogP contribution >= 0.6 is 11.3 Å². The van der Waals surface area contributed by atoms with Crippen LogP contribution in [-0.2, 0) is 22.1 Å². The fraction of sp³-hybridized carbons (Fsp3) is 0.333. The van der Waals surface area contributed by atoms with Crippen molar-refractivity contribution in [3.05, 3.63) is 59.7 Å². The molecule has 29 heavy (non-hydrogen) atoms. The van der Waals surface area contributed by atoms with Crippen molar-refractivity contribution in [3.63, 3.8) is 0 Å². The molecule has 0 bridgehead atoms. The molecule has 3 aromatic rings. The third-order valence-electron chi connectivity index (χ3n) is 4.83. The summed E-state index contributed by atoms with van der Waals surface area (Å²) in [6.07, 6.45) is -2.89. The Kier molecular flexibility index (Phi) is 5.56. The monoisotopic (exact) mass is 420 g/mol. The second-order valence-corrected chi connectivity index (χ2v) is 7.99. The Morgan fingerprint density at radius 1 is 1.21 bits per heavy atom. The van der Waals surface area contributed by atoms with E-state index >= 15 is 0 Å². The lowest BCUT2D eigenvalue weighted by Crippen LogP contribution is -2.38. The van der Waals surface area contributed by atoms with Gasteiger partial charge in [0, 0.05) is 6.61 Å². The molecule has 0 spiro atoms. The molecule has 8 heteroatoms. The summed E-state index contributed by atoms with van der Waals surface area (Å²) < 4.78 is 45.6. The number of fused-ring (bicyclic) bond motifs is 1. The van der Waals surface area contributed by atoms with Crippen molar-refractivity contribution in [3.8, 4) is 0 Å². The number of para-hydroxylation sites is 1. The van der Waals surface area contributed by atoms with Gasteiger partial charge >= 0.3 is 6.18 Å². The van der Waals surface area contributed by atoms with E-state index in [0.717, 1.165) is 35.2 Å². The smallest absolute Gasteiger partial charge is 0.376 e. The summed E-state index contributed by atoms with van der Waals surface area (Å²) in [5.74, 6) is -0.293. The molecular formula is C21H19F3N2O2S. The fourth-order valence-corrected chi connectivity index (χ4v) is 4.37. The summed E-state index contributed by atoms with van der Waals surface area (Å²) in [5.41, 5.74) is 0.355. The number of ether oxygens (including phenoxy) is 1. The van der Waals surface area contributed by atoms with Crippen LogP contribution in [0, 0.1) is 0 Å². The van der Waals surface area contributed by atoms with Crippen molar-refractivity contribution in [2.24, 2.45) is 0 Å². The van der Waals surface area contributed by atoms with Gasteiger partial charge in [-0.2, -0.15) is 13.2 Å². The van der Waals surface area contributed by atoms with Crippen molar-refractivity contribution >= 4 is 32.6 Å². The zero-order valence-corrected chi connectivity index (χ0v) is 16.3. The maximum atomic E-state index is 13.1. The van der Waals surface area contributed by atoms with E-state index in [-0.39, 0.29) is 18.4 Å². The van der Waals surface area contributed by atoms with E-state index in [0.29, 0.717) is 23.8 Å². The molecule has 0 N–H and O–H groups in total. The van der Waals surface area contributed by atoms with Crippen LogP contribution in [0.1, 0.15) is 24.0 Å². The number of aromatic nitrogens is 1. The molecule has 2 aromatic carbocycles. The number of halogens is 3. The second kappa shape index (κ2) is 8.12. The number of anilines is 1. The standard InChI is InChI=1S/C21H19F3N2O2S/c22-21(23,24)15-6-3-5-14(11-15)12-19(27)26(13-16-7-4-10-28-16)20-25-17-8-1-2-9-18(17)29-20/h1-3,5-6,8-9,11,16H,4,7,10,12-13H2. The molecular weight excluding hydrogens is 401 g/mol. The Bertz CT molecular complexity index is 979. The largest absolute Gasteiger partial charge is 0.416 e. The highest BCUT2D eigenvalue weighted by Gasteiger charge is 2.31. The molecule has 1 fully saturated rings. The van der Waals surface area contributed by atoms with E-state index in [2.05, 4.69) is 4.98 Å². The van der Waals surface area contributed by atoms with Crippen molar-refractivity contribution in [2.45, 2.75) is 31.5 Å². The first kappa shape index (κ1) is 19.8. The van der Waals surface area contributed by atoms with Gasteiger partial charge in [0.2, 0.25) is 5.91 Å². The van der Waals surface area contributed by atoms with Gasteiger partial charge in [-0.05, 0) is 36.6 Å². The zero-order chi connectivity index (χ0) is 20.4. The molecule has 1 aromatic heterocycles. The highest BCUT2D eigenvalue weighted by atomic mass is 32.1. The van der Waals surface area contributed by atoms with Gasteiger partial charge < -0.3 is 4.74 Å². The maximum Gasteiger partial charge on any atom is 0.416 e. The maximum absolute atomic E-state index is 13.1.